The van der Waals surface area contributed by atoms with Gasteiger partial charge in [0.15, 0.2) is 6.29 Å². The van der Waals surface area contributed by atoms with Crippen molar-refractivity contribution in [2.75, 3.05) is 32.2 Å². The summed E-state index contributed by atoms with van der Waals surface area (Å²) in [7, 11) is 3.44. The van der Waals surface area contributed by atoms with E-state index in [0.717, 1.165) is 31.5 Å². The maximum atomic E-state index is 10.1. The highest BCUT2D eigenvalue weighted by molar-refractivity contribution is 5.52. The van der Waals surface area contributed by atoms with Crippen molar-refractivity contribution in [1.82, 2.24) is 0 Å². The lowest BCUT2D eigenvalue weighted by molar-refractivity contribution is -0.141. The Morgan fingerprint density at radius 1 is 0.857 bits per heavy atom. The Labute approximate surface area is 208 Å². The van der Waals surface area contributed by atoms with Crippen LogP contribution in [0, 0.1) is 5.92 Å². The van der Waals surface area contributed by atoms with Crippen LogP contribution >= 0.6 is 0 Å². The number of hydrogen-bond acceptors (Lipinski definition) is 5. The van der Waals surface area contributed by atoms with E-state index in [9.17, 15) is 5.11 Å². The predicted octanol–water partition coefficient (Wildman–Crippen LogP) is 6.19. The van der Waals surface area contributed by atoms with Crippen molar-refractivity contribution in [3.8, 4) is 5.75 Å². The van der Waals surface area contributed by atoms with E-state index in [1.807, 2.05) is 12.1 Å². The second-order valence-electron chi connectivity index (χ2n) is 9.66. The summed E-state index contributed by atoms with van der Waals surface area (Å²) in [4.78, 5) is 2.45. The summed E-state index contributed by atoms with van der Waals surface area (Å²) in [6.07, 6.45) is 1.79. The zero-order valence-electron chi connectivity index (χ0n) is 20.8. The summed E-state index contributed by atoms with van der Waals surface area (Å²) < 4.78 is 17.5. The van der Waals surface area contributed by atoms with Gasteiger partial charge in [0.25, 0.3) is 0 Å². The Hall–Kier alpha value is -2.86. The van der Waals surface area contributed by atoms with Crippen molar-refractivity contribution < 1.29 is 19.3 Å². The lowest BCUT2D eigenvalue weighted by Gasteiger charge is -2.38. The first-order valence-corrected chi connectivity index (χ1v) is 12.5. The van der Waals surface area contributed by atoms with Crippen molar-refractivity contribution in [3.63, 3.8) is 0 Å². The Morgan fingerprint density at radius 3 is 2.20 bits per heavy atom. The molecule has 2 heterocycles. The predicted molar refractivity (Wildman–Crippen MR) is 138 cm³/mol. The molecule has 2 aliphatic heterocycles. The van der Waals surface area contributed by atoms with Gasteiger partial charge in [0, 0.05) is 44.8 Å². The number of anilines is 1. The molecule has 2 aliphatic rings. The smallest absolute Gasteiger partial charge is 0.159 e. The molecular formula is C30H35NO4. The van der Waals surface area contributed by atoms with E-state index in [2.05, 4.69) is 66.4 Å². The molecule has 0 unspecified atom stereocenters. The third-order valence-electron chi connectivity index (χ3n) is 7.63. The molecule has 5 heteroatoms. The van der Waals surface area contributed by atoms with E-state index in [-0.39, 0.29) is 30.2 Å². The Kier molecular flexibility index (Phi) is 7.09. The Morgan fingerprint density at radius 2 is 1.54 bits per heavy atom. The van der Waals surface area contributed by atoms with Crippen LogP contribution in [-0.2, 0) is 14.2 Å². The Bertz CT molecular complexity index is 1100. The number of nitrogens with zero attached hydrogens (tertiary/aromatic N) is 1. The fourth-order valence-electron chi connectivity index (χ4n) is 5.80. The van der Waals surface area contributed by atoms with Gasteiger partial charge < -0.3 is 24.2 Å². The van der Waals surface area contributed by atoms with Crippen LogP contribution < -0.4 is 4.90 Å². The van der Waals surface area contributed by atoms with Crippen LogP contribution in [0.15, 0.2) is 72.8 Å². The van der Waals surface area contributed by atoms with Gasteiger partial charge in [-0.3, -0.25) is 0 Å². The molecular weight excluding hydrogens is 438 g/mol. The minimum atomic E-state index is -0.123. The minimum Gasteiger partial charge on any atom is -0.508 e. The minimum absolute atomic E-state index is 0.0492. The third-order valence-corrected chi connectivity index (χ3v) is 7.63. The van der Waals surface area contributed by atoms with Crippen molar-refractivity contribution in [2.45, 2.75) is 44.2 Å². The summed E-state index contributed by atoms with van der Waals surface area (Å²) >= 11 is 0. The number of aromatic hydroxyl groups is 1. The summed E-state index contributed by atoms with van der Waals surface area (Å²) in [6, 6.07) is 25.1. The number of piperidine rings is 1. The summed E-state index contributed by atoms with van der Waals surface area (Å²) in [6.45, 7) is 4.05. The summed E-state index contributed by atoms with van der Waals surface area (Å²) in [5.41, 5.74) is 5.90. The number of methoxy groups -OCH3 is 2. The van der Waals surface area contributed by atoms with Gasteiger partial charge in [-0.15, -0.1) is 0 Å². The fraction of sp³-hybridized carbons (Fsp3) is 0.400. The van der Waals surface area contributed by atoms with Crippen LogP contribution in [0.5, 0.6) is 5.75 Å². The van der Waals surface area contributed by atoms with Crippen LogP contribution in [0.25, 0.3) is 0 Å². The number of phenols is 1. The van der Waals surface area contributed by atoms with Crippen molar-refractivity contribution >= 4 is 5.69 Å². The van der Waals surface area contributed by atoms with Crippen LogP contribution in [0.2, 0.25) is 0 Å². The summed E-state index contributed by atoms with van der Waals surface area (Å²) in [5.74, 6) is 0.758. The molecule has 0 radical (unpaired) electrons. The van der Waals surface area contributed by atoms with Crippen LogP contribution in [-0.4, -0.2) is 38.7 Å². The van der Waals surface area contributed by atoms with Gasteiger partial charge in [-0.2, -0.15) is 0 Å². The molecule has 1 saturated heterocycles. The maximum Gasteiger partial charge on any atom is 0.159 e. The van der Waals surface area contributed by atoms with Crippen molar-refractivity contribution in [3.05, 3.63) is 95.1 Å². The highest BCUT2D eigenvalue weighted by Gasteiger charge is 2.36. The van der Waals surface area contributed by atoms with Crippen molar-refractivity contribution in [2.24, 2.45) is 5.92 Å². The lowest BCUT2D eigenvalue weighted by atomic mass is 9.78. The van der Waals surface area contributed by atoms with Gasteiger partial charge in [0.05, 0.1) is 12.2 Å². The van der Waals surface area contributed by atoms with Crippen molar-refractivity contribution in [1.29, 1.82) is 0 Å². The second-order valence-corrected chi connectivity index (χ2v) is 9.66. The molecule has 3 atom stereocenters. The van der Waals surface area contributed by atoms with E-state index in [1.54, 1.807) is 20.3 Å². The molecule has 0 aromatic heterocycles. The average Bonchev–Trinajstić information content (AvgIpc) is 2.91. The second kappa shape index (κ2) is 10.4. The van der Waals surface area contributed by atoms with Gasteiger partial charge in [0.2, 0.25) is 0 Å². The van der Waals surface area contributed by atoms with E-state index in [4.69, 9.17) is 14.2 Å². The van der Waals surface area contributed by atoms with Gasteiger partial charge in [0.1, 0.15) is 5.75 Å². The first-order valence-electron chi connectivity index (χ1n) is 12.5. The zero-order chi connectivity index (χ0) is 24.4. The Balaban J connectivity index is 1.42. The highest BCUT2D eigenvalue weighted by Crippen LogP contribution is 2.49. The molecule has 1 N–H and O–H groups in total. The largest absolute Gasteiger partial charge is 0.508 e. The van der Waals surface area contributed by atoms with Gasteiger partial charge in [-0.05, 0) is 66.3 Å². The lowest BCUT2D eigenvalue weighted by Crippen LogP contribution is -2.39. The quantitative estimate of drug-likeness (QED) is 0.433. The number of rotatable bonds is 6. The molecule has 3 aromatic rings. The molecule has 0 aliphatic carbocycles. The van der Waals surface area contributed by atoms with Crippen LogP contribution in [0.3, 0.4) is 0 Å². The normalized spacial score (nSPS) is 22.9. The zero-order valence-corrected chi connectivity index (χ0v) is 20.8. The first-order chi connectivity index (χ1) is 17.1. The average molecular weight is 474 g/mol. The fourth-order valence-corrected chi connectivity index (χ4v) is 5.80. The third kappa shape index (κ3) is 4.81. The van der Waals surface area contributed by atoms with E-state index in [1.165, 1.54) is 22.4 Å². The van der Waals surface area contributed by atoms with Gasteiger partial charge in [-0.1, -0.05) is 48.5 Å². The molecule has 35 heavy (non-hydrogen) atoms. The summed E-state index contributed by atoms with van der Waals surface area (Å²) in [5, 5.41) is 10.1. The van der Waals surface area contributed by atoms with Gasteiger partial charge in [-0.25, -0.2) is 0 Å². The molecule has 5 nitrogen and oxygen atoms in total. The number of benzene rings is 3. The molecule has 1 fully saturated rings. The molecule has 184 valence electrons. The molecule has 3 aromatic carbocycles. The molecule has 0 bridgehead atoms. The number of fused-ring (bicyclic) bond motifs is 1. The molecule has 5 rings (SSSR count). The van der Waals surface area contributed by atoms with E-state index in [0.29, 0.717) is 5.92 Å². The molecule has 0 saturated carbocycles. The topological polar surface area (TPSA) is 51.2 Å². The van der Waals surface area contributed by atoms with Gasteiger partial charge >= 0.3 is 0 Å². The number of ether oxygens (including phenoxy) is 3. The standard InChI is InChI=1S/C30H35NO4/c1-20-27-19-25(32)13-14-26(27)28(29(35-20)22-7-5-4-6-8-22)21-9-11-24(12-10-21)31-17-15-23(16-18-31)30(33-2)34-3/h4-14,19-20,23,28-30,32H,15-18H2,1-3H3/t20-,28-,29-/m1/s1. The first kappa shape index (κ1) is 23.9. The maximum absolute atomic E-state index is 10.1. The highest BCUT2D eigenvalue weighted by atomic mass is 16.7. The number of hydrogen-bond donors (Lipinski definition) is 1. The van der Waals surface area contributed by atoms with Crippen LogP contribution in [0.4, 0.5) is 5.69 Å². The molecule has 0 spiro atoms. The van der Waals surface area contributed by atoms with E-state index < -0.39 is 0 Å². The monoisotopic (exact) mass is 473 g/mol. The molecule has 0 amide bonds. The SMILES string of the molecule is COC(OC)C1CCN(c2ccc([C@@H]3c4ccc(O)cc4[C@@H](C)O[C@@H]3c3ccccc3)cc2)CC1. The van der Waals surface area contributed by atoms with Crippen LogP contribution in [0.1, 0.15) is 60.1 Å². The van der Waals surface area contributed by atoms with E-state index >= 15 is 0 Å². The number of phenolic OH excluding ortho intramolecular Hbond substituents is 1.